The number of pyridine rings is 1. The molecule has 17 heavy (non-hydrogen) atoms. The summed E-state index contributed by atoms with van der Waals surface area (Å²) in [7, 11) is 0. The molecule has 1 heterocycles. The van der Waals surface area contributed by atoms with Gasteiger partial charge in [-0.2, -0.15) is 0 Å². The van der Waals surface area contributed by atoms with Crippen LogP contribution in [0.25, 0.3) is 0 Å². The highest BCUT2D eigenvalue weighted by atomic mass is 19.3. The number of halogens is 2. The van der Waals surface area contributed by atoms with Gasteiger partial charge in [-0.3, -0.25) is 9.59 Å². The number of aromatic hydroxyl groups is 1. The number of esters is 1. The van der Waals surface area contributed by atoms with E-state index in [0.717, 1.165) is 6.07 Å². The van der Waals surface area contributed by atoms with Crippen molar-refractivity contribution in [1.82, 2.24) is 4.98 Å². The Kier molecular flexibility index (Phi) is 4.19. The molecule has 0 aliphatic rings. The fraction of sp³-hybridized carbons (Fsp3) is 0.400. The number of aromatic nitrogens is 1. The third-order valence-electron chi connectivity index (χ3n) is 1.99. The van der Waals surface area contributed by atoms with Gasteiger partial charge in [0.05, 0.1) is 13.0 Å². The Morgan fingerprint density at radius 3 is 2.76 bits per heavy atom. The molecule has 0 spiro atoms. The third-order valence-corrected chi connectivity index (χ3v) is 1.99. The van der Waals surface area contributed by atoms with E-state index in [2.05, 4.69) is 4.74 Å². The van der Waals surface area contributed by atoms with Crippen molar-refractivity contribution >= 4 is 5.97 Å². The number of carbonyl (C=O) groups is 1. The summed E-state index contributed by atoms with van der Waals surface area (Å²) in [6.07, 6.45) is -3.36. The summed E-state index contributed by atoms with van der Waals surface area (Å²) in [6.45, 7) is 1.75. The van der Waals surface area contributed by atoms with Gasteiger partial charge < -0.3 is 14.8 Å². The smallest absolute Gasteiger partial charge is 0.310 e. The standard InChI is InChI=1S/C10H11F2NO4/c1-2-17-7(15)4-5-3-6(14)8(9(11)12)13-10(5)16/h3,9,14H,2,4H2,1H3,(H,13,16). The monoisotopic (exact) mass is 247 g/mol. The highest BCUT2D eigenvalue weighted by Crippen LogP contribution is 2.24. The quantitative estimate of drug-likeness (QED) is 0.781. The summed E-state index contributed by atoms with van der Waals surface area (Å²) in [5.74, 6) is -1.42. The van der Waals surface area contributed by atoms with Gasteiger partial charge in [-0.25, -0.2) is 8.78 Å². The molecule has 2 N–H and O–H groups in total. The first-order valence-corrected chi connectivity index (χ1v) is 4.84. The van der Waals surface area contributed by atoms with Gasteiger partial charge in [0.15, 0.2) is 0 Å². The highest BCUT2D eigenvalue weighted by Gasteiger charge is 2.17. The molecule has 0 unspecified atom stereocenters. The van der Waals surface area contributed by atoms with Crippen molar-refractivity contribution in [1.29, 1.82) is 0 Å². The first-order chi connectivity index (χ1) is 7.95. The van der Waals surface area contributed by atoms with Crippen LogP contribution in [0.15, 0.2) is 10.9 Å². The minimum atomic E-state index is -2.99. The number of H-pyrrole nitrogens is 1. The van der Waals surface area contributed by atoms with Crippen molar-refractivity contribution in [2.45, 2.75) is 19.8 Å². The molecule has 7 heteroatoms. The third kappa shape index (κ3) is 3.27. The van der Waals surface area contributed by atoms with Crippen LogP contribution in [0.5, 0.6) is 5.75 Å². The van der Waals surface area contributed by atoms with E-state index < -0.39 is 29.4 Å². The molecule has 1 aromatic rings. The molecular weight excluding hydrogens is 236 g/mol. The largest absolute Gasteiger partial charge is 0.506 e. The van der Waals surface area contributed by atoms with Gasteiger partial charge in [0.1, 0.15) is 11.4 Å². The van der Waals surface area contributed by atoms with Crippen molar-refractivity contribution in [3.8, 4) is 5.75 Å². The molecule has 0 fully saturated rings. The SMILES string of the molecule is CCOC(=O)Cc1cc(O)c(C(F)F)[nH]c1=O. The summed E-state index contributed by atoms with van der Waals surface area (Å²) in [4.78, 5) is 24.2. The topological polar surface area (TPSA) is 79.4 Å². The van der Waals surface area contributed by atoms with E-state index in [0.29, 0.717) is 0 Å². The lowest BCUT2D eigenvalue weighted by Gasteiger charge is -2.06. The number of hydrogen-bond donors (Lipinski definition) is 2. The average molecular weight is 247 g/mol. The number of alkyl halides is 2. The first kappa shape index (κ1) is 13.1. The van der Waals surface area contributed by atoms with Crippen LogP contribution in [-0.4, -0.2) is 22.7 Å². The van der Waals surface area contributed by atoms with Gasteiger partial charge in [0.2, 0.25) is 0 Å². The fourth-order valence-electron chi connectivity index (χ4n) is 1.24. The van der Waals surface area contributed by atoms with Crippen LogP contribution in [-0.2, 0) is 16.0 Å². The van der Waals surface area contributed by atoms with Gasteiger partial charge in [-0.15, -0.1) is 0 Å². The molecule has 0 aromatic carbocycles. The van der Waals surface area contributed by atoms with E-state index in [4.69, 9.17) is 0 Å². The number of rotatable bonds is 4. The van der Waals surface area contributed by atoms with Crippen molar-refractivity contribution in [2.75, 3.05) is 6.61 Å². The second-order valence-electron chi connectivity index (χ2n) is 3.21. The summed E-state index contributed by atoms with van der Waals surface area (Å²) in [6, 6.07) is 0.844. The molecule has 0 amide bonds. The highest BCUT2D eigenvalue weighted by molar-refractivity contribution is 5.72. The van der Waals surface area contributed by atoms with Crippen molar-refractivity contribution in [2.24, 2.45) is 0 Å². The molecule has 0 saturated carbocycles. The van der Waals surface area contributed by atoms with E-state index in [9.17, 15) is 23.5 Å². The van der Waals surface area contributed by atoms with Crippen molar-refractivity contribution < 1.29 is 23.4 Å². The second kappa shape index (κ2) is 5.42. The minimum Gasteiger partial charge on any atom is -0.506 e. The molecule has 1 aromatic heterocycles. The minimum absolute atomic E-state index is 0.120. The Labute approximate surface area is 95.0 Å². The Bertz CT molecular complexity index is 470. The molecule has 0 bridgehead atoms. The normalized spacial score (nSPS) is 10.6. The summed E-state index contributed by atoms with van der Waals surface area (Å²) in [5, 5.41) is 9.23. The van der Waals surface area contributed by atoms with Crippen LogP contribution in [0.4, 0.5) is 8.78 Å². The van der Waals surface area contributed by atoms with Crippen molar-refractivity contribution in [3.63, 3.8) is 0 Å². The Hall–Kier alpha value is -1.92. The van der Waals surface area contributed by atoms with Gasteiger partial charge in [0.25, 0.3) is 12.0 Å². The molecule has 0 saturated heterocycles. The Morgan fingerprint density at radius 1 is 1.59 bits per heavy atom. The predicted octanol–water partition coefficient (Wildman–Crippen LogP) is 1.12. The second-order valence-corrected chi connectivity index (χ2v) is 3.21. The molecule has 1 rings (SSSR count). The average Bonchev–Trinajstić information content (AvgIpc) is 2.22. The number of hydrogen-bond acceptors (Lipinski definition) is 4. The zero-order valence-corrected chi connectivity index (χ0v) is 9.00. The van der Waals surface area contributed by atoms with Crippen LogP contribution in [0.1, 0.15) is 24.6 Å². The Balaban J connectivity index is 3.00. The molecule has 0 atom stereocenters. The first-order valence-electron chi connectivity index (χ1n) is 4.84. The summed E-state index contributed by atoms with van der Waals surface area (Å²) >= 11 is 0. The zero-order valence-electron chi connectivity index (χ0n) is 9.00. The van der Waals surface area contributed by atoms with Crippen LogP contribution < -0.4 is 5.56 Å². The maximum Gasteiger partial charge on any atom is 0.310 e. The molecule has 94 valence electrons. The molecule has 0 aliphatic carbocycles. The van der Waals surface area contributed by atoms with Crippen molar-refractivity contribution in [3.05, 3.63) is 27.7 Å². The number of ether oxygens (including phenoxy) is 1. The number of carbonyl (C=O) groups excluding carboxylic acids is 1. The lowest BCUT2D eigenvalue weighted by molar-refractivity contribution is -0.142. The van der Waals surface area contributed by atoms with Crippen LogP contribution in [0.2, 0.25) is 0 Å². The van der Waals surface area contributed by atoms with Gasteiger partial charge in [0, 0.05) is 5.56 Å². The predicted molar refractivity (Wildman–Crippen MR) is 54.0 cm³/mol. The van der Waals surface area contributed by atoms with E-state index in [1.807, 2.05) is 4.98 Å². The molecular formula is C10H11F2NO4. The fourth-order valence-corrected chi connectivity index (χ4v) is 1.24. The number of aromatic amines is 1. The van der Waals surface area contributed by atoms with Crippen LogP contribution in [0.3, 0.4) is 0 Å². The van der Waals surface area contributed by atoms with E-state index >= 15 is 0 Å². The zero-order chi connectivity index (χ0) is 13.0. The van der Waals surface area contributed by atoms with Gasteiger partial charge in [-0.1, -0.05) is 0 Å². The number of nitrogens with one attached hydrogen (secondary N) is 1. The maximum absolute atomic E-state index is 12.3. The van der Waals surface area contributed by atoms with Gasteiger partial charge >= 0.3 is 5.97 Å². The van der Waals surface area contributed by atoms with E-state index in [-0.39, 0.29) is 18.6 Å². The van der Waals surface area contributed by atoms with Crippen LogP contribution in [0, 0.1) is 0 Å². The molecule has 0 aliphatic heterocycles. The summed E-state index contributed by atoms with van der Waals surface area (Å²) < 4.78 is 29.2. The van der Waals surface area contributed by atoms with Gasteiger partial charge in [-0.05, 0) is 13.0 Å². The Morgan fingerprint density at radius 2 is 2.24 bits per heavy atom. The molecule has 5 nitrogen and oxygen atoms in total. The van der Waals surface area contributed by atoms with E-state index in [1.54, 1.807) is 6.92 Å². The van der Waals surface area contributed by atoms with Crippen LogP contribution >= 0.6 is 0 Å². The maximum atomic E-state index is 12.3. The van der Waals surface area contributed by atoms with E-state index in [1.165, 1.54) is 0 Å². The summed E-state index contributed by atoms with van der Waals surface area (Å²) in [5.41, 5.74) is -1.82. The lowest BCUT2D eigenvalue weighted by Crippen LogP contribution is -2.19. The lowest BCUT2D eigenvalue weighted by atomic mass is 10.2. The molecule has 0 radical (unpaired) electrons.